The number of carbonyl (C=O) groups is 1. The number of carbonyl (C=O) groups excluding carboxylic acids is 1. The van der Waals surface area contributed by atoms with Crippen LogP contribution in [-0.4, -0.2) is 19.0 Å². The van der Waals surface area contributed by atoms with Crippen molar-refractivity contribution >= 4 is 11.6 Å². The van der Waals surface area contributed by atoms with Gasteiger partial charge in [0.05, 0.1) is 5.92 Å². The highest BCUT2D eigenvalue weighted by Gasteiger charge is 2.24. The maximum Gasteiger partial charge on any atom is 0.228 e. The van der Waals surface area contributed by atoms with Crippen LogP contribution in [0.1, 0.15) is 38.7 Å². The quantitative estimate of drug-likeness (QED) is 0.877. The lowest BCUT2D eigenvalue weighted by molar-refractivity contribution is -0.120. The Morgan fingerprint density at radius 1 is 1.26 bits per heavy atom. The van der Waals surface area contributed by atoms with Crippen LogP contribution < -0.4 is 10.6 Å². The second-order valence-electron chi connectivity index (χ2n) is 5.96. The maximum absolute atomic E-state index is 12.2. The summed E-state index contributed by atoms with van der Waals surface area (Å²) in [6.07, 6.45) is 0.975. The van der Waals surface area contributed by atoms with Crippen molar-refractivity contribution in [2.75, 3.05) is 18.4 Å². The molecule has 2 unspecified atom stereocenters. The molecule has 3 nitrogen and oxygen atoms in total. The number of amides is 1. The van der Waals surface area contributed by atoms with Crippen LogP contribution in [0.5, 0.6) is 0 Å². The van der Waals surface area contributed by atoms with Gasteiger partial charge >= 0.3 is 0 Å². The van der Waals surface area contributed by atoms with Crippen LogP contribution in [0.15, 0.2) is 24.3 Å². The molecule has 1 fully saturated rings. The highest BCUT2D eigenvalue weighted by Crippen LogP contribution is 2.20. The molecule has 0 bridgehead atoms. The van der Waals surface area contributed by atoms with E-state index in [9.17, 15) is 4.79 Å². The van der Waals surface area contributed by atoms with Crippen molar-refractivity contribution in [3.8, 4) is 0 Å². The van der Waals surface area contributed by atoms with E-state index in [2.05, 4.69) is 43.5 Å². The number of nitrogens with one attached hydrogen (secondary N) is 2. The first-order valence-corrected chi connectivity index (χ1v) is 7.17. The largest absolute Gasteiger partial charge is 0.326 e. The van der Waals surface area contributed by atoms with E-state index < -0.39 is 0 Å². The standard InChI is InChI=1S/C16H24N2O/c1-11(2)13-4-6-15(7-5-13)18-16(19)14-8-12(3)9-17-10-14/h4-7,11-12,14,17H,8-10H2,1-3H3,(H,18,19). The summed E-state index contributed by atoms with van der Waals surface area (Å²) in [5.41, 5.74) is 2.19. The molecule has 19 heavy (non-hydrogen) atoms. The Morgan fingerprint density at radius 2 is 1.95 bits per heavy atom. The molecule has 3 heteroatoms. The molecule has 1 aliphatic rings. The van der Waals surface area contributed by atoms with Crippen molar-refractivity contribution in [1.82, 2.24) is 5.32 Å². The Morgan fingerprint density at radius 3 is 2.53 bits per heavy atom. The van der Waals surface area contributed by atoms with Gasteiger partial charge in [-0.15, -0.1) is 0 Å². The molecule has 0 aliphatic carbocycles. The van der Waals surface area contributed by atoms with Gasteiger partial charge in [0, 0.05) is 12.2 Å². The van der Waals surface area contributed by atoms with Crippen molar-refractivity contribution in [3.05, 3.63) is 29.8 Å². The molecule has 1 aromatic carbocycles. The van der Waals surface area contributed by atoms with Crippen molar-refractivity contribution < 1.29 is 4.79 Å². The summed E-state index contributed by atoms with van der Waals surface area (Å²) in [7, 11) is 0. The molecule has 1 amide bonds. The first-order chi connectivity index (χ1) is 9.06. The molecular weight excluding hydrogens is 236 g/mol. The Hall–Kier alpha value is -1.35. The first kappa shape index (κ1) is 14.1. The number of rotatable bonds is 3. The zero-order chi connectivity index (χ0) is 13.8. The zero-order valence-corrected chi connectivity index (χ0v) is 12.1. The van der Waals surface area contributed by atoms with Crippen LogP contribution in [0, 0.1) is 11.8 Å². The van der Waals surface area contributed by atoms with Gasteiger partial charge in [-0.05, 0) is 42.5 Å². The summed E-state index contributed by atoms with van der Waals surface area (Å²) in [5, 5.41) is 6.33. The minimum atomic E-state index is 0.0912. The van der Waals surface area contributed by atoms with Crippen LogP contribution >= 0.6 is 0 Å². The van der Waals surface area contributed by atoms with E-state index in [-0.39, 0.29) is 11.8 Å². The van der Waals surface area contributed by atoms with Gasteiger partial charge in [0.25, 0.3) is 0 Å². The monoisotopic (exact) mass is 260 g/mol. The molecule has 0 spiro atoms. The SMILES string of the molecule is CC1CNCC(C(=O)Nc2ccc(C(C)C)cc2)C1. The summed E-state index contributed by atoms with van der Waals surface area (Å²) in [6.45, 7) is 8.34. The Kier molecular flexibility index (Phi) is 4.59. The number of hydrogen-bond donors (Lipinski definition) is 2. The molecule has 104 valence electrons. The second-order valence-corrected chi connectivity index (χ2v) is 5.96. The first-order valence-electron chi connectivity index (χ1n) is 7.17. The Labute approximate surface area is 115 Å². The van der Waals surface area contributed by atoms with Crippen LogP contribution in [0.4, 0.5) is 5.69 Å². The van der Waals surface area contributed by atoms with E-state index in [1.807, 2.05) is 12.1 Å². The molecule has 0 aromatic heterocycles. The third-order valence-electron chi connectivity index (χ3n) is 3.79. The molecule has 2 atom stereocenters. The van der Waals surface area contributed by atoms with E-state index in [1.54, 1.807) is 0 Å². The average molecular weight is 260 g/mol. The minimum Gasteiger partial charge on any atom is -0.326 e. The van der Waals surface area contributed by atoms with Gasteiger partial charge in [-0.2, -0.15) is 0 Å². The third-order valence-corrected chi connectivity index (χ3v) is 3.79. The fourth-order valence-electron chi connectivity index (χ4n) is 2.55. The second kappa shape index (κ2) is 6.20. The number of hydrogen-bond acceptors (Lipinski definition) is 2. The molecule has 1 saturated heterocycles. The lowest BCUT2D eigenvalue weighted by atomic mass is 9.91. The van der Waals surface area contributed by atoms with E-state index in [1.165, 1.54) is 5.56 Å². The predicted molar refractivity (Wildman–Crippen MR) is 79.3 cm³/mol. The number of piperidine rings is 1. The van der Waals surface area contributed by atoms with E-state index in [0.29, 0.717) is 11.8 Å². The summed E-state index contributed by atoms with van der Waals surface area (Å²) in [5.74, 6) is 1.32. The van der Waals surface area contributed by atoms with E-state index in [4.69, 9.17) is 0 Å². The topological polar surface area (TPSA) is 41.1 Å². The normalized spacial score (nSPS) is 23.4. The fraction of sp³-hybridized carbons (Fsp3) is 0.562. The number of anilines is 1. The molecule has 2 rings (SSSR count). The van der Waals surface area contributed by atoms with Crippen molar-refractivity contribution in [3.63, 3.8) is 0 Å². The molecule has 2 N–H and O–H groups in total. The average Bonchev–Trinajstić information content (AvgIpc) is 2.39. The molecular formula is C16H24N2O. The van der Waals surface area contributed by atoms with Crippen LogP contribution in [0.2, 0.25) is 0 Å². The highest BCUT2D eigenvalue weighted by atomic mass is 16.1. The maximum atomic E-state index is 12.2. The minimum absolute atomic E-state index is 0.0912. The smallest absolute Gasteiger partial charge is 0.228 e. The molecule has 0 saturated carbocycles. The zero-order valence-electron chi connectivity index (χ0n) is 12.1. The summed E-state index contributed by atoms with van der Waals surface area (Å²) in [4.78, 5) is 12.2. The van der Waals surface area contributed by atoms with Crippen molar-refractivity contribution in [1.29, 1.82) is 0 Å². The predicted octanol–water partition coefficient (Wildman–Crippen LogP) is 2.99. The Bertz CT molecular complexity index is 425. The van der Waals surface area contributed by atoms with Gasteiger partial charge < -0.3 is 10.6 Å². The number of benzene rings is 1. The van der Waals surface area contributed by atoms with Gasteiger partial charge in [-0.25, -0.2) is 0 Å². The molecule has 0 radical (unpaired) electrons. The molecule has 1 aromatic rings. The summed E-state index contributed by atoms with van der Waals surface area (Å²) in [6, 6.07) is 8.16. The van der Waals surface area contributed by atoms with Gasteiger partial charge in [-0.1, -0.05) is 32.9 Å². The van der Waals surface area contributed by atoms with Gasteiger partial charge in [-0.3, -0.25) is 4.79 Å². The molecule has 1 aliphatic heterocycles. The third kappa shape index (κ3) is 3.80. The lowest BCUT2D eigenvalue weighted by Crippen LogP contribution is -2.40. The van der Waals surface area contributed by atoms with E-state index >= 15 is 0 Å². The van der Waals surface area contributed by atoms with E-state index in [0.717, 1.165) is 25.2 Å². The van der Waals surface area contributed by atoms with Gasteiger partial charge in [0.1, 0.15) is 0 Å². The van der Waals surface area contributed by atoms with Gasteiger partial charge in [0.2, 0.25) is 5.91 Å². The molecule has 1 heterocycles. The van der Waals surface area contributed by atoms with Crippen molar-refractivity contribution in [2.24, 2.45) is 11.8 Å². The highest BCUT2D eigenvalue weighted by molar-refractivity contribution is 5.92. The fourth-order valence-corrected chi connectivity index (χ4v) is 2.55. The van der Waals surface area contributed by atoms with Crippen LogP contribution in [0.25, 0.3) is 0 Å². The van der Waals surface area contributed by atoms with Crippen LogP contribution in [0.3, 0.4) is 0 Å². The van der Waals surface area contributed by atoms with Gasteiger partial charge in [0.15, 0.2) is 0 Å². The summed E-state index contributed by atoms with van der Waals surface area (Å²) >= 11 is 0. The Balaban J connectivity index is 1.94. The van der Waals surface area contributed by atoms with Crippen LogP contribution in [-0.2, 0) is 4.79 Å². The van der Waals surface area contributed by atoms with Crippen molar-refractivity contribution in [2.45, 2.75) is 33.1 Å². The lowest BCUT2D eigenvalue weighted by Gasteiger charge is -2.26. The summed E-state index contributed by atoms with van der Waals surface area (Å²) < 4.78 is 0.